The number of para-hydroxylation sites is 1. The number of aryl methyl sites for hydroxylation is 1. The zero-order chi connectivity index (χ0) is 33.9. The van der Waals surface area contributed by atoms with Crippen molar-refractivity contribution >= 4 is 39.3 Å². The minimum atomic E-state index is -3.27. The summed E-state index contributed by atoms with van der Waals surface area (Å²) in [4.78, 5) is 27.8. The third-order valence-electron chi connectivity index (χ3n) is 8.20. The summed E-state index contributed by atoms with van der Waals surface area (Å²) in [7, 11) is -1.99. The number of amides is 2. The largest absolute Gasteiger partial charge is 0.453 e. The highest BCUT2D eigenvalue weighted by molar-refractivity contribution is 7.99. The lowest BCUT2D eigenvalue weighted by Gasteiger charge is -2.31. The number of nitrogens with one attached hydrogen (secondary N) is 3. The van der Waals surface area contributed by atoms with E-state index in [0.717, 1.165) is 28.0 Å². The third-order valence-corrected chi connectivity index (χ3v) is 10.4. The van der Waals surface area contributed by atoms with Crippen LogP contribution in [0.25, 0.3) is 0 Å². The fourth-order valence-corrected chi connectivity index (χ4v) is 7.50. The van der Waals surface area contributed by atoms with Crippen molar-refractivity contribution in [3.63, 3.8) is 0 Å². The molecule has 5 rings (SSSR count). The number of sulfone groups is 1. The zero-order valence-corrected chi connectivity index (χ0v) is 28.6. The number of anilines is 1. The summed E-state index contributed by atoms with van der Waals surface area (Å²) < 4.78 is 35.3. The van der Waals surface area contributed by atoms with Crippen LogP contribution < -0.4 is 16.0 Å². The molecule has 0 aromatic heterocycles. The van der Waals surface area contributed by atoms with Crippen molar-refractivity contribution in [2.75, 3.05) is 37.5 Å². The standard InChI is InChI=1S/C37H41N3O6S2/c1-45-37(42)40-35(34(27-13-5-3-6-14-27)28-15-7-4-8-16-28)36(41)39-33-19-10-9-12-26(33)20-21-29-23-38-24-30(46-29)25-47-31-17-11-18-32(22-31)48(2,43)44/h3-19,22,29-30,34-35,38H,20-21,23-25H2,1-2H3,(H,39,41)(H,40,42)/t29-,30+,35+/m1/s1. The Morgan fingerprint density at radius 3 is 2.21 bits per heavy atom. The maximum atomic E-state index is 14.1. The topological polar surface area (TPSA) is 123 Å². The number of thioether (sulfide) groups is 1. The normalized spacial score (nSPS) is 17.0. The maximum Gasteiger partial charge on any atom is 0.407 e. The molecule has 3 atom stereocenters. The number of ether oxygens (including phenoxy) is 2. The minimum Gasteiger partial charge on any atom is -0.453 e. The number of morpholine rings is 1. The predicted molar refractivity (Wildman–Crippen MR) is 189 cm³/mol. The highest BCUT2D eigenvalue weighted by atomic mass is 32.2. The number of alkyl carbamates (subject to hydrolysis) is 1. The molecular formula is C37H41N3O6S2. The summed E-state index contributed by atoms with van der Waals surface area (Å²) in [5, 5.41) is 9.36. The van der Waals surface area contributed by atoms with E-state index in [0.29, 0.717) is 35.8 Å². The molecule has 1 aliphatic heterocycles. The van der Waals surface area contributed by atoms with Gasteiger partial charge in [0.15, 0.2) is 9.84 Å². The molecule has 4 aromatic rings. The Morgan fingerprint density at radius 2 is 1.54 bits per heavy atom. The number of hydrogen-bond donors (Lipinski definition) is 3. The Hall–Kier alpha value is -4.16. The summed E-state index contributed by atoms with van der Waals surface area (Å²) in [5.74, 6) is -0.149. The Labute approximate surface area is 286 Å². The van der Waals surface area contributed by atoms with E-state index < -0.39 is 27.9 Å². The van der Waals surface area contributed by atoms with Crippen molar-refractivity contribution < 1.29 is 27.5 Å². The summed E-state index contributed by atoms with van der Waals surface area (Å²) in [6, 6.07) is 32.9. The van der Waals surface area contributed by atoms with Gasteiger partial charge >= 0.3 is 6.09 Å². The Morgan fingerprint density at radius 1 is 0.896 bits per heavy atom. The van der Waals surface area contributed by atoms with Crippen molar-refractivity contribution in [3.05, 3.63) is 126 Å². The summed E-state index contributed by atoms with van der Waals surface area (Å²) in [6.45, 7) is 1.42. The first kappa shape index (κ1) is 35.2. The summed E-state index contributed by atoms with van der Waals surface area (Å²) >= 11 is 1.57. The van der Waals surface area contributed by atoms with Crippen LogP contribution in [0.1, 0.15) is 29.0 Å². The van der Waals surface area contributed by atoms with E-state index in [4.69, 9.17) is 9.47 Å². The van der Waals surface area contributed by atoms with Gasteiger partial charge in [0.2, 0.25) is 5.91 Å². The van der Waals surface area contributed by atoms with Crippen LogP contribution in [0.2, 0.25) is 0 Å². The highest BCUT2D eigenvalue weighted by Crippen LogP contribution is 2.30. The molecule has 0 saturated carbocycles. The Balaban J connectivity index is 1.26. The van der Waals surface area contributed by atoms with E-state index in [9.17, 15) is 18.0 Å². The zero-order valence-electron chi connectivity index (χ0n) is 27.0. The molecule has 0 radical (unpaired) electrons. The second-order valence-electron chi connectivity index (χ2n) is 11.7. The van der Waals surface area contributed by atoms with Gasteiger partial charge in [0.1, 0.15) is 6.04 Å². The van der Waals surface area contributed by atoms with Gasteiger partial charge in [0, 0.05) is 41.6 Å². The van der Waals surface area contributed by atoms with Gasteiger partial charge in [-0.05, 0) is 53.8 Å². The predicted octanol–water partition coefficient (Wildman–Crippen LogP) is 5.67. The van der Waals surface area contributed by atoms with Crippen molar-refractivity contribution in [1.29, 1.82) is 0 Å². The average molecular weight is 688 g/mol. The summed E-state index contributed by atoms with van der Waals surface area (Å²) in [6.07, 6.45) is 1.83. The lowest BCUT2D eigenvalue weighted by atomic mass is 9.84. The molecule has 0 spiro atoms. The van der Waals surface area contributed by atoms with Crippen LogP contribution >= 0.6 is 11.8 Å². The Kier molecular flexibility index (Phi) is 12.3. The number of carbonyl (C=O) groups excluding carboxylic acids is 2. The van der Waals surface area contributed by atoms with Gasteiger partial charge in [-0.3, -0.25) is 4.79 Å². The molecule has 9 nitrogen and oxygen atoms in total. The second kappa shape index (κ2) is 16.8. The van der Waals surface area contributed by atoms with Crippen LogP contribution in [0.3, 0.4) is 0 Å². The molecule has 4 aromatic carbocycles. The van der Waals surface area contributed by atoms with Gasteiger partial charge in [-0.2, -0.15) is 0 Å². The van der Waals surface area contributed by atoms with E-state index in [2.05, 4.69) is 16.0 Å². The first-order valence-electron chi connectivity index (χ1n) is 15.8. The van der Waals surface area contributed by atoms with Crippen molar-refractivity contribution in [2.45, 2.75) is 46.8 Å². The van der Waals surface area contributed by atoms with Crippen LogP contribution in [-0.4, -0.2) is 70.9 Å². The van der Waals surface area contributed by atoms with Gasteiger partial charge in [-0.15, -0.1) is 11.8 Å². The van der Waals surface area contributed by atoms with E-state index in [1.165, 1.54) is 13.4 Å². The third kappa shape index (κ3) is 9.70. The number of hydrogen-bond acceptors (Lipinski definition) is 8. The van der Waals surface area contributed by atoms with Crippen molar-refractivity contribution in [3.8, 4) is 0 Å². The van der Waals surface area contributed by atoms with Gasteiger partial charge in [0.05, 0.1) is 24.2 Å². The molecule has 1 saturated heterocycles. The molecule has 1 fully saturated rings. The minimum absolute atomic E-state index is 0.0373. The SMILES string of the molecule is COC(=O)N[C@H](C(=O)Nc1ccccc1CC[C@@H]1CNC[C@@H](CSc2cccc(S(C)(=O)=O)c2)O1)C(c1ccccc1)c1ccccc1. The van der Waals surface area contributed by atoms with Crippen molar-refractivity contribution in [2.24, 2.45) is 0 Å². The van der Waals surface area contributed by atoms with Crippen LogP contribution in [0.5, 0.6) is 0 Å². The van der Waals surface area contributed by atoms with Crippen LogP contribution in [-0.2, 0) is 30.5 Å². The van der Waals surface area contributed by atoms with E-state index in [1.807, 2.05) is 91.0 Å². The van der Waals surface area contributed by atoms with E-state index in [-0.39, 0.29) is 18.1 Å². The smallest absolute Gasteiger partial charge is 0.407 e. The van der Waals surface area contributed by atoms with Crippen molar-refractivity contribution in [1.82, 2.24) is 10.6 Å². The molecule has 2 amide bonds. The highest BCUT2D eigenvalue weighted by Gasteiger charge is 2.33. The molecule has 48 heavy (non-hydrogen) atoms. The van der Waals surface area contributed by atoms with Gasteiger partial charge < -0.3 is 25.4 Å². The fraction of sp³-hybridized carbons (Fsp3) is 0.297. The quantitative estimate of drug-likeness (QED) is 0.154. The number of carbonyl (C=O) groups is 2. The lowest BCUT2D eigenvalue weighted by Crippen LogP contribution is -2.48. The maximum absolute atomic E-state index is 14.1. The first-order valence-corrected chi connectivity index (χ1v) is 18.7. The molecule has 252 valence electrons. The number of benzene rings is 4. The van der Waals surface area contributed by atoms with Crippen LogP contribution in [0.4, 0.5) is 10.5 Å². The number of methoxy groups -OCH3 is 1. The molecular weight excluding hydrogens is 647 g/mol. The molecule has 0 unspecified atom stereocenters. The Bertz CT molecular complexity index is 1730. The molecule has 1 aliphatic rings. The molecule has 0 aliphatic carbocycles. The van der Waals surface area contributed by atoms with Crippen LogP contribution in [0, 0.1) is 0 Å². The lowest BCUT2D eigenvalue weighted by molar-refractivity contribution is -0.118. The van der Waals surface area contributed by atoms with E-state index >= 15 is 0 Å². The average Bonchev–Trinajstić information content (AvgIpc) is 3.11. The van der Waals surface area contributed by atoms with Crippen LogP contribution in [0.15, 0.2) is 119 Å². The van der Waals surface area contributed by atoms with Gasteiger partial charge in [0.25, 0.3) is 0 Å². The van der Waals surface area contributed by atoms with E-state index in [1.54, 1.807) is 30.0 Å². The molecule has 3 N–H and O–H groups in total. The van der Waals surface area contributed by atoms with Gasteiger partial charge in [-0.25, -0.2) is 13.2 Å². The molecule has 0 bridgehead atoms. The monoisotopic (exact) mass is 687 g/mol. The number of rotatable bonds is 13. The fourth-order valence-electron chi connectivity index (χ4n) is 5.80. The second-order valence-corrected chi connectivity index (χ2v) is 14.8. The first-order chi connectivity index (χ1) is 23.2. The molecule has 1 heterocycles. The molecule has 11 heteroatoms. The van der Waals surface area contributed by atoms with Gasteiger partial charge in [-0.1, -0.05) is 84.9 Å². The summed E-state index contributed by atoms with van der Waals surface area (Å²) in [5.41, 5.74) is 3.38.